The number of carbonyl (C=O) groups is 1. The second-order valence-electron chi connectivity index (χ2n) is 7.09. The molecule has 0 fully saturated rings. The predicted octanol–water partition coefficient (Wildman–Crippen LogP) is 5.55. The summed E-state index contributed by atoms with van der Waals surface area (Å²) < 4.78 is 0. The molecule has 0 N–H and O–H groups in total. The Hall–Kier alpha value is -3.13. The van der Waals surface area contributed by atoms with E-state index in [-0.39, 0.29) is 17.7 Å². The molecule has 2 heteroatoms. The van der Waals surface area contributed by atoms with E-state index in [9.17, 15) is 4.79 Å². The lowest BCUT2D eigenvalue weighted by Crippen LogP contribution is -2.27. The highest BCUT2D eigenvalue weighted by atomic mass is 16.2. The molecule has 0 bridgehead atoms. The number of nitrogens with zero attached hydrogens (tertiary/aromatic N) is 1. The molecule has 134 valence electrons. The van der Waals surface area contributed by atoms with Crippen molar-refractivity contribution in [3.63, 3.8) is 0 Å². The van der Waals surface area contributed by atoms with Crippen molar-refractivity contribution in [2.24, 2.45) is 0 Å². The highest BCUT2D eigenvalue weighted by molar-refractivity contribution is 6.06. The summed E-state index contributed by atoms with van der Waals surface area (Å²) in [6, 6.07) is 26.8. The van der Waals surface area contributed by atoms with Crippen molar-refractivity contribution >= 4 is 17.7 Å². The standard InChI is InChI=1S/C25H23NO/c1-18-10-9-15-22-23(25(27)26(2)24(18)22)21(20-13-7-4-8-14-20)17-16-19-11-5-3-6-12-19/h3-17,21,23H,1-2H3/b17-16+/t21-,23+/m0/s1. The Morgan fingerprint density at radius 1 is 0.889 bits per heavy atom. The monoisotopic (exact) mass is 353 g/mol. The van der Waals surface area contributed by atoms with Crippen molar-refractivity contribution in [3.05, 3.63) is 107 Å². The second kappa shape index (κ2) is 7.24. The van der Waals surface area contributed by atoms with Gasteiger partial charge in [0.15, 0.2) is 0 Å². The summed E-state index contributed by atoms with van der Waals surface area (Å²) >= 11 is 0. The fraction of sp³-hybridized carbons (Fsp3) is 0.160. The van der Waals surface area contributed by atoms with Crippen LogP contribution in [0.1, 0.15) is 34.1 Å². The Morgan fingerprint density at radius 2 is 1.56 bits per heavy atom. The first-order chi connectivity index (χ1) is 13.2. The van der Waals surface area contributed by atoms with Gasteiger partial charge in [-0.15, -0.1) is 0 Å². The fourth-order valence-corrected chi connectivity index (χ4v) is 4.06. The molecule has 0 aromatic heterocycles. The van der Waals surface area contributed by atoms with Crippen LogP contribution in [0.3, 0.4) is 0 Å². The SMILES string of the molecule is Cc1cccc2c1N(C)C(=O)[C@@H]2[C@@H](/C=C/c1ccccc1)c1ccccc1. The summed E-state index contributed by atoms with van der Waals surface area (Å²) in [6.45, 7) is 2.07. The molecule has 4 rings (SSSR count). The average molecular weight is 353 g/mol. The minimum Gasteiger partial charge on any atom is -0.314 e. The third kappa shape index (κ3) is 3.19. The van der Waals surface area contributed by atoms with Gasteiger partial charge in [0.05, 0.1) is 11.6 Å². The first kappa shape index (κ1) is 17.3. The van der Waals surface area contributed by atoms with Crippen LogP contribution >= 0.6 is 0 Å². The van der Waals surface area contributed by atoms with E-state index in [1.165, 1.54) is 0 Å². The van der Waals surface area contributed by atoms with Crippen LogP contribution in [0.25, 0.3) is 6.08 Å². The Kier molecular flexibility index (Phi) is 4.64. The number of hydrogen-bond donors (Lipinski definition) is 0. The molecule has 2 atom stereocenters. The van der Waals surface area contributed by atoms with Gasteiger partial charge in [0.25, 0.3) is 0 Å². The number of fused-ring (bicyclic) bond motifs is 1. The zero-order valence-electron chi connectivity index (χ0n) is 15.7. The zero-order chi connectivity index (χ0) is 18.8. The molecular weight excluding hydrogens is 330 g/mol. The van der Waals surface area contributed by atoms with Gasteiger partial charge < -0.3 is 4.90 Å². The van der Waals surface area contributed by atoms with Gasteiger partial charge >= 0.3 is 0 Å². The van der Waals surface area contributed by atoms with E-state index in [4.69, 9.17) is 0 Å². The lowest BCUT2D eigenvalue weighted by Gasteiger charge is -2.21. The Balaban J connectivity index is 1.81. The molecule has 3 aromatic rings. The highest BCUT2D eigenvalue weighted by Gasteiger charge is 2.40. The minimum atomic E-state index is -0.202. The molecule has 1 amide bonds. The van der Waals surface area contributed by atoms with Crippen molar-refractivity contribution < 1.29 is 4.79 Å². The number of anilines is 1. The molecule has 1 aliphatic heterocycles. The second-order valence-corrected chi connectivity index (χ2v) is 7.09. The largest absolute Gasteiger partial charge is 0.314 e. The number of carbonyl (C=O) groups excluding carboxylic acids is 1. The quantitative estimate of drug-likeness (QED) is 0.602. The molecule has 0 spiro atoms. The third-order valence-corrected chi connectivity index (χ3v) is 5.38. The molecule has 2 nitrogen and oxygen atoms in total. The zero-order valence-corrected chi connectivity index (χ0v) is 15.7. The number of benzene rings is 3. The summed E-state index contributed by atoms with van der Waals surface area (Å²) in [5.41, 5.74) is 5.62. The van der Waals surface area contributed by atoms with Crippen LogP contribution in [0, 0.1) is 6.92 Å². The van der Waals surface area contributed by atoms with E-state index in [2.05, 4.69) is 61.5 Å². The fourth-order valence-electron chi connectivity index (χ4n) is 4.06. The normalized spacial score (nSPS) is 17.3. The van der Waals surface area contributed by atoms with Gasteiger partial charge in [0, 0.05) is 13.0 Å². The van der Waals surface area contributed by atoms with Crippen molar-refractivity contribution in [1.29, 1.82) is 0 Å². The van der Waals surface area contributed by atoms with E-state index in [0.29, 0.717) is 0 Å². The highest BCUT2D eigenvalue weighted by Crippen LogP contribution is 2.46. The average Bonchev–Trinajstić information content (AvgIpc) is 2.96. The van der Waals surface area contributed by atoms with Crippen LogP contribution in [0.5, 0.6) is 0 Å². The van der Waals surface area contributed by atoms with E-state index in [1.807, 2.05) is 48.3 Å². The summed E-state index contributed by atoms with van der Waals surface area (Å²) in [5, 5.41) is 0. The smallest absolute Gasteiger partial charge is 0.235 e. The molecule has 0 saturated carbocycles. The molecule has 0 aliphatic carbocycles. The number of likely N-dealkylation sites (N-methyl/N-ethyl adjacent to an activating group) is 1. The van der Waals surface area contributed by atoms with Gasteiger partial charge in [-0.3, -0.25) is 4.79 Å². The number of hydrogen-bond acceptors (Lipinski definition) is 1. The van der Waals surface area contributed by atoms with Crippen molar-refractivity contribution in [2.45, 2.75) is 18.8 Å². The van der Waals surface area contributed by atoms with Crippen LogP contribution < -0.4 is 4.90 Å². The molecule has 3 aromatic carbocycles. The molecular formula is C25H23NO. The van der Waals surface area contributed by atoms with Crippen LogP contribution in [0.2, 0.25) is 0 Å². The Morgan fingerprint density at radius 3 is 2.26 bits per heavy atom. The van der Waals surface area contributed by atoms with E-state index < -0.39 is 0 Å². The van der Waals surface area contributed by atoms with Crippen molar-refractivity contribution in [2.75, 3.05) is 11.9 Å². The lowest BCUT2D eigenvalue weighted by molar-refractivity contribution is -0.119. The van der Waals surface area contributed by atoms with Gasteiger partial charge in [-0.2, -0.15) is 0 Å². The van der Waals surface area contributed by atoms with Gasteiger partial charge in [-0.05, 0) is 29.2 Å². The van der Waals surface area contributed by atoms with Crippen LogP contribution in [-0.4, -0.2) is 13.0 Å². The van der Waals surface area contributed by atoms with Gasteiger partial charge in [0.1, 0.15) is 0 Å². The van der Waals surface area contributed by atoms with E-state index in [0.717, 1.165) is 27.9 Å². The summed E-state index contributed by atoms with van der Waals surface area (Å²) in [4.78, 5) is 15.1. The van der Waals surface area contributed by atoms with E-state index >= 15 is 0 Å². The third-order valence-electron chi connectivity index (χ3n) is 5.38. The topological polar surface area (TPSA) is 20.3 Å². The number of allylic oxidation sites excluding steroid dienone is 1. The first-order valence-corrected chi connectivity index (χ1v) is 9.32. The maximum atomic E-state index is 13.2. The van der Waals surface area contributed by atoms with Gasteiger partial charge in [0.2, 0.25) is 5.91 Å². The maximum absolute atomic E-state index is 13.2. The Bertz CT molecular complexity index is 976. The van der Waals surface area contributed by atoms with Crippen LogP contribution in [0.4, 0.5) is 5.69 Å². The molecule has 0 radical (unpaired) electrons. The predicted molar refractivity (Wildman–Crippen MR) is 112 cm³/mol. The molecule has 1 heterocycles. The molecule has 1 aliphatic rings. The molecule has 0 unspecified atom stereocenters. The van der Waals surface area contributed by atoms with Gasteiger partial charge in [-0.25, -0.2) is 0 Å². The van der Waals surface area contributed by atoms with E-state index in [1.54, 1.807) is 0 Å². The van der Waals surface area contributed by atoms with Gasteiger partial charge in [-0.1, -0.05) is 91.0 Å². The molecule has 27 heavy (non-hydrogen) atoms. The lowest BCUT2D eigenvalue weighted by atomic mass is 9.81. The maximum Gasteiger partial charge on any atom is 0.235 e. The summed E-state index contributed by atoms with van der Waals surface area (Å²) in [5.74, 6) is -0.0532. The number of amides is 1. The number of rotatable bonds is 4. The summed E-state index contributed by atoms with van der Waals surface area (Å²) in [6.07, 6.45) is 4.30. The number of para-hydroxylation sites is 1. The van der Waals surface area contributed by atoms with Crippen molar-refractivity contribution in [3.8, 4) is 0 Å². The Labute approximate surface area is 160 Å². The van der Waals surface area contributed by atoms with Crippen LogP contribution in [-0.2, 0) is 4.79 Å². The van der Waals surface area contributed by atoms with Crippen molar-refractivity contribution in [1.82, 2.24) is 0 Å². The number of aryl methyl sites for hydroxylation is 1. The molecule has 0 saturated heterocycles. The summed E-state index contributed by atoms with van der Waals surface area (Å²) in [7, 11) is 1.89. The first-order valence-electron chi connectivity index (χ1n) is 9.32. The minimum absolute atomic E-state index is 0.00981. The van der Waals surface area contributed by atoms with Crippen LogP contribution in [0.15, 0.2) is 84.9 Å².